The van der Waals surface area contributed by atoms with Crippen LogP contribution in [0.3, 0.4) is 0 Å². The van der Waals surface area contributed by atoms with E-state index in [4.69, 9.17) is 0 Å². The molecule has 0 fully saturated rings. The molecule has 0 N–H and O–H groups in total. The van der Waals surface area contributed by atoms with E-state index in [0.29, 0.717) is 0 Å². The number of benzene rings is 7. The molecule has 0 atom stereocenters. The van der Waals surface area contributed by atoms with E-state index in [2.05, 4.69) is 211 Å². The first-order chi connectivity index (χ1) is 26.0. The Morgan fingerprint density at radius 1 is 0.382 bits per heavy atom. The largest absolute Gasteiger partial charge is 0.310 e. The maximum absolute atomic E-state index is 2.56. The molecule has 9 rings (SSSR count). The summed E-state index contributed by atoms with van der Waals surface area (Å²) in [6, 6.07) is 53.6. The number of rotatable bonds is 6. The lowest BCUT2D eigenvalue weighted by molar-refractivity contribution is 0.652. The number of anilines is 3. The first-order valence-electron chi connectivity index (χ1n) is 20.0. The maximum atomic E-state index is 2.56. The molecule has 2 aliphatic rings. The molecule has 0 bridgehead atoms. The van der Waals surface area contributed by atoms with Crippen LogP contribution < -0.4 is 15.3 Å². The molecule has 0 radical (unpaired) electrons. The molecule has 0 heterocycles. The first kappa shape index (κ1) is 35.7. The van der Waals surface area contributed by atoms with E-state index in [0.717, 1.165) is 0 Å². The summed E-state index contributed by atoms with van der Waals surface area (Å²) < 4.78 is 0. The van der Waals surface area contributed by atoms with Gasteiger partial charge in [-0.1, -0.05) is 162 Å². The fourth-order valence-electron chi connectivity index (χ4n) is 9.46. The molecule has 7 aromatic rings. The summed E-state index contributed by atoms with van der Waals surface area (Å²) >= 11 is 0. The molecular weight excluding hydrogens is 695 g/mol. The van der Waals surface area contributed by atoms with Gasteiger partial charge in [0.05, 0.1) is 16.1 Å². The van der Waals surface area contributed by atoms with Gasteiger partial charge in [0.2, 0.25) is 0 Å². The summed E-state index contributed by atoms with van der Waals surface area (Å²) in [7, 11) is -2.87. The second kappa shape index (κ2) is 12.3. The monoisotopic (exact) mass is 747 g/mol. The van der Waals surface area contributed by atoms with Crippen molar-refractivity contribution in [1.29, 1.82) is 0 Å². The van der Waals surface area contributed by atoms with Crippen molar-refractivity contribution in [2.75, 3.05) is 4.90 Å². The van der Waals surface area contributed by atoms with Crippen molar-refractivity contribution < 1.29 is 0 Å². The van der Waals surface area contributed by atoms with Gasteiger partial charge in [-0.05, 0) is 121 Å². The van der Waals surface area contributed by atoms with E-state index < -0.39 is 16.1 Å². The van der Waals surface area contributed by atoms with E-state index in [1.165, 1.54) is 93.8 Å². The van der Waals surface area contributed by atoms with Gasteiger partial charge in [-0.2, -0.15) is 0 Å². The third-order valence-electron chi connectivity index (χ3n) is 12.8. The molecule has 0 aliphatic heterocycles. The predicted octanol–water partition coefficient (Wildman–Crippen LogP) is 13.7. The van der Waals surface area contributed by atoms with Crippen LogP contribution in [0.5, 0.6) is 0 Å². The molecule has 0 amide bonds. The zero-order chi connectivity index (χ0) is 38.7. The molecular formula is C52H53NSi2. The van der Waals surface area contributed by atoms with Crippen molar-refractivity contribution in [3.8, 4) is 33.4 Å². The summed E-state index contributed by atoms with van der Waals surface area (Å²) in [6.45, 7) is 24.3. The summed E-state index contributed by atoms with van der Waals surface area (Å²) in [4.78, 5) is 2.47. The van der Waals surface area contributed by atoms with E-state index in [9.17, 15) is 0 Å². The Hall–Kier alpha value is -4.97. The molecule has 0 saturated heterocycles. The Morgan fingerprint density at radius 2 is 0.836 bits per heavy atom. The van der Waals surface area contributed by atoms with Crippen LogP contribution >= 0.6 is 0 Å². The van der Waals surface area contributed by atoms with Crippen LogP contribution in [-0.2, 0) is 10.8 Å². The SMILES string of the molecule is CC1(C)c2cc(N(c3ccc([Si](C)(C)C)cc3)c3ccc([Si](C)(C)C)cc3)ccc2-c2cc3c(cc21)-c1c(cc(-c2ccccc2)c2ccccc12)C3(C)C. The summed E-state index contributed by atoms with van der Waals surface area (Å²) in [5.74, 6) is 0. The van der Waals surface area contributed by atoms with E-state index in [1.807, 2.05) is 0 Å². The van der Waals surface area contributed by atoms with Crippen molar-refractivity contribution in [2.45, 2.75) is 77.8 Å². The van der Waals surface area contributed by atoms with Gasteiger partial charge in [-0.25, -0.2) is 0 Å². The van der Waals surface area contributed by atoms with Gasteiger partial charge in [0.15, 0.2) is 0 Å². The average molecular weight is 748 g/mol. The summed E-state index contributed by atoms with van der Waals surface area (Å²) in [6.07, 6.45) is 0. The third kappa shape index (κ3) is 5.61. The zero-order valence-electron chi connectivity index (χ0n) is 34.2. The van der Waals surface area contributed by atoms with Crippen molar-refractivity contribution in [1.82, 2.24) is 0 Å². The van der Waals surface area contributed by atoms with Crippen LogP contribution in [0, 0.1) is 0 Å². The Labute approximate surface area is 330 Å². The zero-order valence-corrected chi connectivity index (χ0v) is 36.2. The van der Waals surface area contributed by atoms with Crippen molar-refractivity contribution in [3.05, 3.63) is 162 Å². The normalized spacial score (nSPS) is 15.0. The number of hydrogen-bond acceptors (Lipinski definition) is 1. The number of hydrogen-bond donors (Lipinski definition) is 0. The predicted molar refractivity (Wildman–Crippen MR) is 245 cm³/mol. The van der Waals surface area contributed by atoms with E-state index >= 15 is 0 Å². The molecule has 55 heavy (non-hydrogen) atoms. The van der Waals surface area contributed by atoms with Crippen LogP contribution in [0.25, 0.3) is 44.2 Å². The van der Waals surface area contributed by atoms with Crippen molar-refractivity contribution in [3.63, 3.8) is 0 Å². The van der Waals surface area contributed by atoms with Crippen LogP contribution in [0.15, 0.2) is 140 Å². The Kier molecular flexibility index (Phi) is 7.97. The Balaban J connectivity index is 1.19. The number of fused-ring (bicyclic) bond motifs is 8. The minimum absolute atomic E-state index is 0.138. The van der Waals surface area contributed by atoms with Crippen molar-refractivity contribution in [2.24, 2.45) is 0 Å². The standard InChI is InChI=1S/C52H53NSi2/c1-51(2)46-30-37(53(35-20-25-38(26-21-35)54(5,6)7)36-22-27-39(28-23-36)55(8,9)10)24-29-41(46)44-32-48-45(33-47(44)51)50-42-19-15-14-18-40(42)43(31-49(50)52(48,3)4)34-16-12-11-13-17-34/h11-33H,1-10H3. The summed E-state index contributed by atoms with van der Waals surface area (Å²) in [5.41, 5.74) is 17.1. The highest BCUT2D eigenvalue weighted by molar-refractivity contribution is 6.89. The molecule has 0 spiro atoms. The highest BCUT2D eigenvalue weighted by Crippen LogP contribution is 2.58. The van der Waals surface area contributed by atoms with Crippen LogP contribution in [0.1, 0.15) is 49.9 Å². The first-order valence-corrected chi connectivity index (χ1v) is 27.0. The minimum atomic E-state index is -1.44. The van der Waals surface area contributed by atoms with Gasteiger partial charge < -0.3 is 4.90 Å². The second-order valence-corrected chi connectivity index (χ2v) is 29.3. The second-order valence-electron chi connectivity index (χ2n) is 19.1. The maximum Gasteiger partial charge on any atom is 0.0775 e. The van der Waals surface area contributed by atoms with Gasteiger partial charge in [-0.3, -0.25) is 0 Å². The molecule has 2 aliphatic carbocycles. The minimum Gasteiger partial charge on any atom is -0.310 e. The molecule has 274 valence electrons. The van der Waals surface area contributed by atoms with Crippen LogP contribution in [0.4, 0.5) is 17.1 Å². The smallest absolute Gasteiger partial charge is 0.0775 e. The van der Waals surface area contributed by atoms with E-state index in [1.54, 1.807) is 0 Å². The molecule has 0 unspecified atom stereocenters. The van der Waals surface area contributed by atoms with Gasteiger partial charge >= 0.3 is 0 Å². The fraction of sp³-hybridized carbons (Fsp3) is 0.231. The average Bonchev–Trinajstić information content (AvgIpc) is 3.52. The van der Waals surface area contributed by atoms with Gasteiger partial charge in [0, 0.05) is 27.9 Å². The molecule has 0 aromatic heterocycles. The van der Waals surface area contributed by atoms with Gasteiger partial charge in [0.25, 0.3) is 0 Å². The quantitative estimate of drug-likeness (QED) is 0.153. The highest BCUT2D eigenvalue weighted by atomic mass is 28.3. The van der Waals surface area contributed by atoms with Crippen LogP contribution in [0.2, 0.25) is 39.3 Å². The van der Waals surface area contributed by atoms with Gasteiger partial charge in [0.1, 0.15) is 0 Å². The number of nitrogens with zero attached hydrogens (tertiary/aromatic N) is 1. The molecule has 3 heteroatoms. The van der Waals surface area contributed by atoms with E-state index in [-0.39, 0.29) is 10.8 Å². The Bertz CT molecular complexity index is 2580. The van der Waals surface area contributed by atoms with Gasteiger partial charge in [-0.15, -0.1) is 0 Å². The summed E-state index contributed by atoms with van der Waals surface area (Å²) in [5, 5.41) is 5.63. The fourth-order valence-corrected chi connectivity index (χ4v) is 11.8. The topological polar surface area (TPSA) is 3.24 Å². The highest BCUT2D eigenvalue weighted by Gasteiger charge is 2.43. The lowest BCUT2D eigenvalue weighted by Crippen LogP contribution is -2.37. The third-order valence-corrected chi connectivity index (χ3v) is 16.9. The van der Waals surface area contributed by atoms with Crippen LogP contribution in [-0.4, -0.2) is 16.1 Å². The van der Waals surface area contributed by atoms with Crippen molar-refractivity contribution >= 4 is 54.4 Å². The lowest BCUT2D eigenvalue weighted by atomic mass is 9.79. The molecule has 1 nitrogen and oxygen atoms in total. The Morgan fingerprint density at radius 3 is 1.42 bits per heavy atom. The lowest BCUT2D eigenvalue weighted by Gasteiger charge is -2.29. The molecule has 7 aromatic carbocycles. The molecule has 0 saturated carbocycles.